The number of rotatable bonds is 5. The largest absolute Gasteiger partial charge is 0.342 e. The lowest BCUT2D eigenvalue weighted by Gasteiger charge is -2.05. The summed E-state index contributed by atoms with van der Waals surface area (Å²) in [6.45, 7) is 6.68. The lowest BCUT2D eigenvalue weighted by Crippen LogP contribution is -2.30. The maximum atomic E-state index is 11.7. The van der Waals surface area contributed by atoms with Gasteiger partial charge in [-0.1, -0.05) is 26.2 Å². The molecule has 4 heteroatoms. The minimum absolute atomic E-state index is 0.123. The first-order valence-electron chi connectivity index (χ1n) is 5.96. The van der Waals surface area contributed by atoms with E-state index in [4.69, 9.17) is 0 Å². The summed E-state index contributed by atoms with van der Waals surface area (Å²) in [5, 5.41) is 7.00. The highest BCUT2D eigenvalue weighted by molar-refractivity contribution is 5.76. The molecule has 90 valence electrons. The Balaban J connectivity index is 2.33. The number of unbranched alkanes of at least 4 members (excludes halogenated alkanes) is 3. The average molecular weight is 223 g/mol. The minimum Gasteiger partial charge on any atom is -0.336 e. The molecule has 0 bridgehead atoms. The summed E-state index contributed by atoms with van der Waals surface area (Å²) < 4.78 is 1.43. The second-order valence-corrected chi connectivity index (χ2v) is 4.13. The number of nitrogens with zero attached hydrogens (tertiary/aromatic N) is 2. The van der Waals surface area contributed by atoms with Crippen LogP contribution in [0.2, 0.25) is 0 Å². The van der Waals surface area contributed by atoms with Crippen molar-refractivity contribution in [3.63, 3.8) is 0 Å². The van der Waals surface area contributed by atoms with Crippen molar-refractivity contribution >= 4 is 6.03 Å². The molecule has 0 aliphatic heterocycles. The van der Waals surface area contributed by atoms with Crippen molar-refractivity contribution in [3.8, 4) is 0 Å². The molecular weight excluding hydrogens is 202 g/mol. The molecule has 0 saturated heterocycles. The third kappa shape index (κ3) is 3.68. The Kier molecular flexibility index (Phi) is 5.02. The van der Waals surface area contributed by atoms with E-state index in [1.165, 1.54) is 23.9 Å². The lowest BCUT2D eigenvalue weighted by atomic mass is 10.2. The van der Waals surface area contributed by atoms with Crippen LogP contribution in [0.15, 0.2) is 6.07 Å². The molecule has 0 aliphatic rings. The Hall–Kier alpha value is -1.32. The van der Waals surface area contributed by atoms with E-state index in [2.05, 4.69) is 17.3 Å². The van der Waals surface area contributed by atoms with E-state index in [1.807, 2.05) is 19.9 Å². The van der Waals surface area contributed by atoms with Crippen LogP contribution in [0.5, 0.6) is 0 Å². The van der Waals surface area contributed by atoms with E-state index in [9.17, 15) is 4.79 Å². The van der Waals surface area contributed by atoms with Gasteiger partial charge in [0, 0.05) is 12.2 Å². The molecule has 0 radical (unpaired) electrons. The standard InChI is InChI=1S/C12H21N3O/c1-4-5-6-7-8-13-12(16)15-11(3)9-10(2)14-15/h9H,4-8H2,1-3H3,(H,13,16). The topological polar surface area (TPSA) is 46.9 Å². The predicted octanol–water partition coefficient (Wildman–Crippen LogP) is 2.64. The number of amides is 1. The number of aryl methyl sites for hydroxylation is 2. The first-order chi connectivity index (χ1) is 7.65. The summed E-state index contributed by atoms with van der Waals surface area (Å²) >= 11 is 0. The summed E-state index contributed by atoms with van der Waals surface area (Å²) in [5.41, 5.74) is 1.75. The zero-order chi connectivity index (χ0) is 12.0. The van der Waals surface area contributed by atoms with Crippen molar-refractivity contribution in [3.05, 3.63) is 17.5 Å². The maximum Gasteiger partial charge on any atom is 0.342 e. The Bertz CT molecular complexity index is 344. The first kappa shape index (κ1) is 12.7. The van der Waals surface area contributed by atoms with Gasteiger partial charge in [-0.2, -0.15) is 9.78 Å². The lowest BCUT2D eigenvalue weighted by molar-refractivity contribution is 0.238. The van der Waals surface area contributed by atoms with E-state index in [0.29, 0.717) is 0 Å². The van der Waals surface area contributed by atoms with Gasteiger partial charge in [-0.15, -0.1) is 0 Å². The summed E-state index contributed by atoms with van der Waals surface area (Å²) in [5.74, 6) is 0. The highest BCUT2D eigenvalue weighted by atomic mass is 16.2. The maximum absolute atomic E-state index is 11.7. The van der Waals surface area contributed by atoms with Crippen molar-refractivity contribution in [2.75, 3.05) is 6.54 Å². The zero-order valence-electron chi connectivity index (χ0n) is 10.4. The Morgan fingerprint density at radius 3 is 2.69 bits per heavy atom. The van der Waals surface area contributed by atoms with Gasteiger partial charge in [0.25, 0.3) is 0 Å². The predicted molar refractivity (Wildman–Crippen MR) is 64.6 cm³/mol. The Morgan fingerprint density at radius 2 is 2.12 bits per heavy atom. The highest BCUT2D eigenvalue weighted by Gasteiger charge is 2.08. The minimum atomic E-state index is -0.123. The van der Waals surface area contributed by atoms with Crippen molar-refractivity contribution in [2.24, 2.45) is 0 Å². The van der Waals surface area contributed by atoms with Gasteiger partial charge < -0.3 is 5.32 Å². The summed E-state index contributed by atoms with van der Waals surface area (Å²) in [6.07, 6.45) is 4.66. The molecule has 16 heavy (non-hydrogen) atoms. The number of carbonyl (C=O) groups excluding carboxylic acids is 1. The van der Waals surface area contributed by atoms with Crippen molar-refractivity contribution in [2.45, 2.75) is 46.5 Å². The van der Waals surface area contributed by atoms with Crippen molar-refractivity contribution in [1.29, 1.82) is 0 Å². The normalized spacial score (nSPS) is 10.4. The fraction of sp³-hybridized carbons (Fsp3) is 0.667. The number of carbonyl (C=O) groups is 1. The first-order valence-corrected chi connectivity index (χ1v) is 5.96. The molecular formula is C12H21N3O. The van der Waals surface area contributed by atoms with Crippen LogP contribution in [0.1, 0.15) is 44.0 Å². The van der Waals surface area contributed by atoms with Gasteiger partial charge in [0.2, 0.25) is 0 Å². The number of aromatic nitrogens is 2. The summed E-state index contributed by atoms with van der Waals surface area (Å²) in [4.78, 5) is 11.7. The molecule has 0 unspecified atom stereocenters. The SMILES string of the molecule is CCCCCCNC(=O)n1nc(C)cc1C. The van der Waals surface area contributed by atoms with E-state index in [0.717, 1.165) is 24.4 Å². The van der Waals surface area contributed by atoms with E-state index in [-0.39, 0.29) is 6.03 Å². The molecule has 4 nitrogen and oxygen atoms in total. The molecule has 1 aromatic heterocycles. The Labute approximate surface area is 97.0 Å². The fourth-order valence-electron chi connectivity index (χ4n) is 1.66. The molecule has 1 amide bonds. The second-order valence-electron chi connectivity index (χ2n) is 4.13. The number of hydrogen-bond acceptors (Lipinski definition) is 2. The van der Waals surface area contributed by atoms with Crippen LogP contribution in [0.4, 0.5) is 4.79 Å². The van der Waals surface area contributed by atoms with Gasteiger partial charge in [0.1, 0.15) is 0 Å². The van der Waals surface area contributed by atoms with Crippen LogP contribution < -0.4 is 5.32 Å². The molecule has 1 rings (SSSR count). The molecule has 0 fully saturated rings. The smallest absolute Gasteiger partial charge is 0.336 e. The van der Waals surface area contributed by atoms with Crippen molar-refractivity contribution < 1.29 is 4.79 Å². The fourth-order valence-corrected chi connectivity index (χ4v) is 1.66. The Morgan fingerprint density at radius 1 is 1.38 bits per heavy atom. The monoisotopic (exact) mass is 223 g/mol. The van der Waals surface area contributed by atoms with Crippen LogP contribution in [0, 0.1) is 13.8 Å². The van der Waals surface area contributed by atoms with Crippen LogP contribution in [-0.4, -0.2) is 22.4 Å². The van der Waals surface area contributed by atoms with Gasteiger partial charge >= 0.3 is 6.03 Å². The van der Waals surface area contributed by atoms with Crippen LogP contribution in [0.3, 0.4) is 0 Å². The van der Waals surface area contributed by atoms with Crippen molar-refractivity contribution in [1.82, 2.24) is 15.1 Å². The molecule has 0 saturated carbocycles. The number of hydrogen-bond donors (Lipinski definition) is 1. The molecule has 0 aromatic carbocycles. The van der Waals surface area contributed by atoms with Crippen LogP contribution in [0.25, 0.3) is 0 Å². The van der Waals surface area contributed by atoms with Gasteiger partial charge in [-0.25, -0.2) is 4.79 Å². The summed E-state index contributed by atoms with van der Waals surface area (Å²) in [7, 11) is 0. The molecule has 1 aromatic rings. The van der Waals surface area contributed by atoms with E-state index >= 15 is 0 Å². The van der Waals surface area contributed by atoms with Gasteiger partial charge in [0.05, 0.1) is 5.69 Å². The highest BCUT2D eigenvalue weighted by Crippen LogP contribution is 2.01. The molecule has 0 spiro atoms. The van der Waals surface area contributed by atoms with E-state index < -0.39 is 0 Å². The molecule has 0 aliphatic carbocycles. The van der Waals surface area contributed by atoms with E-state index in [1.54, 1.807) is 0 Å². The van der Waals surface area contributed by atoms with Gasteiger partial charge in [0.15, 0.2) is 0 Å². The summed E-state index contributed by atoms with van der Waals surface area (Å²) in [6, 6.07) is 1.78. The third-order valence-corrected chi connectivity index (χ3v) is 2.51. The number of nitrogens with one attached hydrogen (secondary N) is 1. The van der Waals surface area contributed by atoms with Gasteiger partial charge in [-0.05, 0) is 26.3 Å². The average Bonchev–Trinajstić information content (AvgIpc) is 2.57. The second kappa shape index (κ2) is 6.30. The van der Waals surface area contributed by atoms with Gasteiger partial charge in [-0.3, -0.25) is 0 Å². The molecule has 1 heterocycles. The van der Waals surface area contributed by atoms with Crippen LogP contribution >= 0.6 is 0 Å². The molecule has 0 atom stereocenters. The van der Waals surface area contributed by atoms with Crippen LogP contribution in [-0.2, 0) is 0 Å². The quantitative estimate of drug-likeness (QED) is 0.780. The molecule has 1 N–H and O–H groups in total. The zero-order valence-corrected chi connectivity index (χ0v) is 10.4. The third-order valence-electron chi connectivity index (χ3n) is 2.51.